The molecule has 0 aliphatic heterocycles. The fourth-order valence-electron chi connectivity index (χ4n) is 0.250. The van der Waals surface area contributed by atoms with E-state index >= 15 is 0 Å². The third-order valence-electron chi connectivity index (χ3n) is 0.500. The zero-order chi connectivity index (χ0) is 4.12. The van der Waals surface area contributed by atoms with E-state index in [0.29, 0.717) is 0 Å². The lowest BCUT2D eigenvalue weighted by atomic mass is 11.0. The van der Waals surface area contributed by atoms with Crippen LogP contribution in [0.3, 0.4) is 0 Å². The summed E-state index contributed by atoms with van der Waals surface area (Å²) in [7, 11) is 1.20. The Bertz CT molecular complexity index is 15.0. The Morgan fingerprint density at radius 1 is 1.17 bits per heavy atom. The van der Waals surface area contributed by atoms with Gasteiger partial charge < -0.3 is 0 Å². The van der Waals surface area contributed by atoms with Crippen LogP contribution in [0, 0.1) is 0 Å². The molecule has 0 nitrogen and oxygen atoms in total. The van der Waals surface area contributed by atoms with Crippen LogP contribution in [0.2, 0.25) is 0 Å². The third kappa shape index (κ3) is 8.86. The van der Waals surface area contributed by atoms with Crippen molar-refractivity contribution >= 4 is 25.6 Å². The van der Waals surface area contributed by atoms with Gasteiger partial charge in [0.1, 0.15) is 0 Å². The molecule has 6 heavy (non-hydrogen) atoms. The van der Waals surface area contributed by atoms with E-state index in [0.717, 1.165) is 0 Å². The first-order chi connectivity index (χ1) is 2.41. The van der Waals surface area contributed by atoms with Gasteiger partial charge in [-0.1, -0.05) is 13.8 Å². The summed E-state index contributed by atoms with van der Waals surface area (Å²) in [5.41, 5.74) is 0. The maximum atomic E-state index is 2.22. The quantitative estimate of drug-likeness (QED) is 0.559. The first kappa shape index (κ1) is 10.0. The average molecular weight is 171 g/mol. The number of rotatable bonds is 2. The molecule has 0 heterocycles. The SMILES string of the molecule is Br.CCPCC. The zero-order valence-corrected chi connectivity index (χ0v) is 7.04. The standard InChI is InChI=1S/C4H11P.BrH/c1-3-5-4-2;/h5H,3-4H2,1-2H3;1H. The molecule has 0 aromatic rings. The fourth-order valence-corrected chi connectivity index (χ4v) is 0.750. The molecule has 0 atom stereocenters. The summed E-state index contributed by atoms with van der Waals surface area (Å²) in [4.78, 5) is 0. The highest BCUT2D eigenvalue weighted by Crippen LogP contribution is 2.03. The second-order valence-electron chi connectivity index (χ2n) is 0.957. The van der Waals surface area contributed by atoms with Gasteiger partial charge >= 0.3 is 0 Å². The monoisotopic (exact) mass is 170 g/mol. The highest BCUT2D eigenvalue weighted by Gasteiger charge is 1.66. The first-order valence-electron chi connectivity index (χ1n) is 2.12. The van der Waals surface area contributed by atoms with Crippen molar-refractivity contribution in [3.8, 4) is 0 Å². The molecule has 0 spiro atoms. The van der Waals surface area contributed by atoms with Gasteiger partial charge in [0.15, 0.2) is 0 Å². The van der Waals surface area contributed by atoms with Crippen molar-refractivity contribution in [1.29, 1.82) is 0 Å². The van der Waals surface area contributed by atoms with Crippen molar-refractivity contribution < 1.29 is 0 Å². The lowest BCUT2D eigenvalue weighted by molar-refractivity contribution is 1.44. The molecule has 0 saturated carbocycles. The maximum absolute atomic E-state index is 2.22. The fraction of sp³-hybridized carbons (Fsp3) is 1.00. The molecular weight excluding hydrogens is 159 g/mol. The van der Waals surface area contributed by atoms with E-state index in [1.165, 1.54) is 20.9 Å². The van der Waals surface area contributed by atoms with Crippen LogP contribution in [-0.2, 0) is 0 Å². The lowest BCUT2D eigenvalue weighted by Gasteiger charge is -1.80. The molecule has 0 radical (unpaired) electrons. The molecule has 0 aromatic carbocycles. The molecule has 0 saturated heterocycles. The van der Waals surface area contributed by atoms with Gasteiger partial charge in [-0.15, -0.1) is 25.6 Å². The minimum atomic E-state index is 0. The van der Waals surface area contributed by atoms with Gasteiger partial charge in [0.25, 0.3) is 0 Å². The third-order valence-corrected chi connectivity index (χ3v) is 1.50. The molecule has 2 heteroatoms. The lowest BCUT2D eigenvalue weighted by Crippen LogP contribution is -1.59. The highest BCUT2D eigenvalue weighted by molar-refractivity contribution is 8.93. The van der Waals surface area contributed by atoms with Gasteiger partial charge in [0.2, 0.25) is 0 Å². The molecule has 40 valence electrons. The molecule has 0 fully saturated rings. The minimum absolute atomic E-state index is 0. The minimum Gasteiger partial charge on any atom is -0.123 e. The van der Waals surface area contributed by atoms with Crippen LogP contribution < -0.4 is 0 Å². The second kappa shape index (κ2) is 9.32. The summed E-state index contributed by atoms with van der Waals surface area (Å²) in [6, 6.07) is 0. The first-order valence-corrected chi connectivity index (χ1v) is 3.54. The predicted molar refractivity (Wildman–Crippen MR) is 39.7 cm³/mol. The average Bonchev–Trinajstić information content (AvgIpc) is 1.41. The molecule has 0 bridgehead atoms. The Morgan fingerprint density at radius 2 is 1.50 bits per heavy atom. The summed E-state index contributed by atoms with van der Waals surface area (Å²) in [5.74, 6) is 0. The van der Waals surface area contributed by atoms with Crippen molar-refractivity contribution in [3.05, 3.63) is 0 Å². The van der Waals surface area contributed by atoms with Gasteiger partial charge in [-0.25, -0.2) is 0 Å². The summed E-state index contributed by atoms with van der Waals surface area (Å²) < 4.78 is 0. The van der Waals surface area contributed by atoms with E-state index in [1.807, 2.05) is 0 Å². The van der Waals surface area contributed by atoms with Crippen molar-refractivity contribution in [2.24, 2.45) is 0 Å². The van der Waals surface area contributed by atoms with Crippen molar-refractivity contribution in [2.75, 3.05) is 12.3 Å². The van der Waals surface area contributed by atoms with Crippen LogP contribution in [0.25, 0.3) is 0 Å². The highest BCUT2D eigenvalue weighted by atomic mass is 79.9. The van der Waals surface area contributed by atoms with E-state index in [9.17, 15) is 0 Å². The van der Waals surface area contributed by atoms with E-state index in [4.69, 9.17) is 0 Å². The van der Waals surface area contributed by atoms with E-state index in [-0.39, 0.29) is 17.0 Å². The molecule has 0 N–H and O–H groups in total. The van der Waals surface area contributed by atoms with Crippen molar-refractivity contribution in [1.82, 2.24) is 0 Å². The topological polar surface area (TPSA) is 0 Å². The van der Waals surface area contributed by atoms with Crippen LogP contribution in [-0.4, -0.2) is 12.3 Å². The molecule has 0 aliphatic carbocycles. The second-order valence-corrected chi connectivity index (χ2v) is 2.87. The summed E-state index contributed by atoms with van der Waals surface area (Å²) in [5, 5.41) is 0. The van der Waals surface area contributed by atoms with Crippen LogP contribution in [0.4, 0.5) is 0 Å². The van der Waals surface area contributed by atoms with E-state index in [2.05, 4.69) is 13.8 Å². The van der Waals surface area contributed by atoms with Crippen LogP contribution in [0.1, 0.15) is 13.8 Å². The van der Waals surface area contributed by atoms with Gasteiger partial charge in [0.05, 0.1) is 0 Å². The van der Waals surface area contributed by atoms with Gasteiger partial charge in [-0.3, -0.25) is 0 Å². The largest absolute Gasteiger partial charge is 0.123 e. The van der Waals surface area contributed by atoms with E-state index < -0.39 is 0 Å². The molecule has 0 unspecified atom stereocenters. The predicted octanol–water partition coefficient (Wildman–Crippen LogP) is 2.28. The smallest absolute Gasteiger partial charge is 0.0382 e. The van der Waals surface area contributed by atoms with E-state index in [1.54, 1.807) is 0 Å². The maximum Gasteiger partial charge on any atom is -0.0382 e. The Labute approximate surface area is 52.3 Å². The Morgan fingerprint density at radius 3 is 1.50 bits per heavy atom. The normalized spacial score (nSPS) is 7.00. The zero-order valence-electron chi connectivity index (χ0n) is 4.32. The molecule has 0 aromatic heterocycles. The Hall–Kier alpha value is 0.910. The van der Waals surface area contributed by atoms with Gasteiger partial charge in [-0.05, 0) is 12.3 Å². The molecule has 0 amide bonds. The Balaban J connectivity index is 0. The Kier molecular flexibility index (Phi) is 15.6. The molecule has 0 rings (SSSR count). The summed E-state index contributed by atoms with van der Waals surface area (Å²) >= 11 is 0. The van der Waals surface area contributed by atoms with Gasteiger partial charge in [0, 0.05) is 0 Å². The number of hydrogen-bond donors (Lipinski definition) is 0. The van der Waals surface area contributed by atoms with Crippen LogP contribution in [0.15, 0.2) is 0 Å². The molecular formula is C4H12BrP. The van der Waals surface area contributed by atoms with Gasteiger partial charge in [-0.2, -0.15) is 0 Å². The molecule has 0 aliphatic rings. The number of hydrogen-bond acceptors (Lipinski definition) is 0. The van der Waals surface area contributed by atoms with Crippen molar-refractivity contribution in [2.45, 2.75) is 13.8 Å². The van der Waals surface area contributed by atoms with Crippen LogP contribution >= 0.6 is 25.6 Å². The summed E-state index contributed by atoms with van der Waals surface area (Å²) in [6.45, 7) is 4.45. The van der Waals surface area contributed by atoms with Crippen LogP contribution in [0.5, 0.6) is 0 Å². The summed E-state index contributed by atoms with van der Waals surface area (Å²) in [6.07, 6.45) is 2.74. The number of halogens is 1. The van der Waals surface area contributed by atoms with Crippen molar-refractivity contribution in [3.63, 3.8) is 0 Å².